The molecule has 1 fully saturated rings. The molecule has 2 nitrogen and oxygen atoms in total. The van der Waals surface area contributed by atoms with Gasteiger partial charge in [-0.25, -0.2) is 0 Å². The zero-order valence-corrected chi connectivity index (χ0v) is 7.33. The van der Waals surface area contributed by atoms with Gasteiger partial charge in [0.25, 0.3) is 0 Å². The Hall–Kier alpha value is -0.790. The highest BCUT2D eigenvalue weighted by Gasteiger charge is 2.25. The lowest BCUT2D eigenvalue weighted by atomic mass is 10.0. The van der Waals surface area contributed by atoms with Gasteiger partial charge in [-0.3, -0.25) is 4.79 Å². The van der Waals surface area contributed by atoms with E-state index in [1.54, 1.807) is 0 Å². The maximum atomic E-state index is 11.5. The van der Waals surface area contributed by atoms with Crippen molar-refractivity contribution < 1.29 is 4.79 Å². The van der Waals surface area contributed by atoms with Crippen LogP contribution in [0.1, 0.15) is 32.1 Å². The van der Waals surface area contributed by atoms with Crippen LogP contribution in [0.25, 0.3) is 0 Å². The summed E-state index contributed by atoms with van der Waals surface area (Å²) in [5, 5.41) is 0. The second kappa shape index (κ2) is 3.30. The van der Waals surface area contributed by atoms with Crippen molar-refractivity contribution in [1.82, 2.24) is 4.90 Å². The van der Waals surface area contributed by atoms with Crippen LogP contribution < -0.4 is 0 Å². The van der Waals surface area contributed by atoms with E-state index in [0.29, 0.717) is 18.4 Å². The largest absolute Gasteiger partial charge is 0.336 e. The molecule has 2 rings (SSSR count). The van der Waals surface area contributed by atoms with E-state index in [1.165, 1.54) is 19.3 Å². The zero-order valence-electron chi connectivity index (χ0n) is 7.33. The highest BCUT2D eigenvalue weighted by Crippen LogP contribution is 2.21. The first kappa shape index (κ1) is 7.84. The molecular formula is C10H15NO. The van der Waals surface area contributed by atoms with Crippen LogP contribution in [0.2, 0.25) is 0 Å². The van der Waals surface area contributed by atoms with E-state index in [4.69, 9.17) is 0 Å². The van der Waals surface area contributed by atoms with Crippen molar-refractivity contribution in [3.8, 4) is 0 Å². The van der Waals surface area contributed by atoms with Crippen molar-refractivity contribution in [3.05, 3.63) is 12.2 Å². The predicted octanol–water partition coefficient (Wildman–Crippen LogP) is 1.72. The fourth-order valence-electron chi connectivity index (χ4n) is 2.07. The molecule has 2 aliphatic rings. The van der Waals surface area contributed by atoms with Gasteiger partial charge in [-0.05, 0) is 25.7 Å². The molecule has 1 amide bonds. The lowest BCUT2D eigenvalue weighted by Crippen LogP contribution is -2.41. The molecule has 1 unspecified atom stereocenters. The number of piperidine rings is 1. The summed E-state index contributed by atoms with van der Waals surface area (Å²) in [6, 6.07) is 0.425. The monoisotopic (exact) mass is 165 g/mol. The average molecular weight is 165 g/mol. The van der Waals surface area contributed by atoms with Gasteiger partial charge in [0.05, 0.1) is 0 Å². The number of allylic oxidation sites excluding steroid dienone is 1. The summed E-state index contributed by atoms with van der Waals surface area (Å²) >= 11 is 0. The third-order valence-corrected chi connectivity index (χ3v) is 2.75. The van der Waals surface area contributed by atoms with E-state index in [2.05, 4.69) is 12.2 Å². The molecule has 12 heavy (non-hydrogen) atoms. The Morgan fingerprint density at radius 2 is 2.33 bits per heavy atom. The standard InChI is InChI=1S/C10H15NO/c12-10-7-2-1-5-9-6-3-4-8-11(9)10/h1,5,9H,2-4,6-8H2. The molecule has 1 atom stereocenters. The van der Waals surface area contributed by atoms with Gasteiger partial charge in [-0.15, -0.1) is 0 Å². The molecule has 0 spiro atoms. The Kier molecular flexibility index (Phi) is 2.15. The summed E-state index contributed by atoms with van der Waals surface area (Å²) in [6.07, 6.45) is 9.66. The number of carbonyl (C=O) groups excluding carboxylic acids is 1. The number of rotatable bonds is 0. The molecule has 2 heterocycles. The minimum atomic E-state index is 0.352. The summed E-state index contributed by atoms with van der Waals surface area (Å²) in [7, 11) is 0. The Bertz CT molecular complexity index is 210. The average Bonchev–Trinajstić information content (AvgIpc) is 2.29. The van der Waals surface area contributed by atoms with Crippen LogP contribution in [0.15, 0.2) is 12.2 Å². The third-order valence-electron chi connectivity index (χ3n) is 2.75. The number of hydrogen-bond donors (Lipinski definition) is 0. The van der Waals surface area contributed by atoms with Gasteiger partial charge in [0, 0.05) is 19.0 Å². The first-order valence-corrected chi connectivity index (χ1v) is 4.84. The van der Waals surface area contributed by atoms with E-state index in [1.807, 2.05) is 4.90 Å². The van der Waals surface area contributed by atoms with Crippen molar-refractivity contribution in [1.29, 1.82) is 0 Å². The Morgan fingerprint density at radius 1 is 1.42 bits per heavy atom. The maximum Gasteiger partial charge on any atom is 0.223 e. The van der Waals surface area contributed by atoms with E-state index < -0.39 is 0 Å². The minimum Gasteiger partial charge on any atom is -0.336 e. The summed E-state index contributed by atoms with van der Waals surface area (Å²) < 4.78 is 0. The molecule has 0 aromatic rings. The second-order valence-corrected chi connectivity index (χ2v) is 3.62. The highest BCUT2D eigenvalue weighted by molar-refractivity contribution is 5.77. The third kappa shape index (κ3) is 1.38. The SMILES string of the molecule is O=C1CCC=CC2CCCCN12. The molecule has 0 saturated carbocycles. The molecule has 0 aromatic heterocycles. The van der Waals surface area contributed by atoms with Crippen LogP contribution in [-0.4, -0.2) is 23.4 Å². The Labute approximate surface area is 73.2 Å². The van der Waals surface area contributed by atoms with Crippen LogP contribution in [0.3, 0.4) is 0 Å². The van der Waals surface area contributed by atoms with E-state index in [0.717, 1.165) is 13.0 Å². The zero-order chi connectivity index (χ0) is 8.39. The summed E-state index contributed by atoms with van der Waals surface area (Å²) in [5.74, 6) is 0.352. The Morgan fingerprint density at radius 3 is 3.25 bits per heavy atom. The van der Waals surface area contributed by atoms with Gasteiger partial charge in [0.1, 0.15) is 0 Å². The molecule has 0 aliphatic carbocycles. The summed E-state index contributed by atoms with van der Waals surface area (Å²) in [6.45, 7) is 0.980. The van der Waals surface area contributed by atoms with Crippen LogP contribution in [-0.2, 0) is 4.79 Å². The fourth-order valence-corrected chi connectivity index (χ4v) is 2.07. The van der Waals surface area contributed by atoms with Gasteiger partial charge in [0.2, 0.25) is 5.91 Å². The number of carbonyl (C=O) groups is 1. The first-order valence-electron chi connectivity index (χ1n) is 4.84. The number of hydrogen-bond acceptors (Lipinski definition) is 1. The molecule has 1 saturated heterocycles. The normalized spacial score (nSPS) is 29.8. The molecule has 0 aromatic carbocycles. The van der Waals surface area contributed by atoms with Crippen molar-refractivity contribution in [2.75, 3.05) is 6.54 Å². The molecule has 0 radical (unpaired) electrons. The highest BCUT2D eigenvalue weighted by atomic mass is 16.2. The van der Waals surface area contributed by atoms with Gasteiger partial charge >= 0.3 is 0 Å². The lowest BCUT2D eigenvalue weighted by molar-refractivity contribution is -0.133. The second-order valence-electron chi connectivity index (χ2n) is 3.62. The molecule has 2 heteroatoms. The molecule has 0 N–H and O–H groups in total. The topological polar surface area (TPSA) is 20.3 Å². The van der Waals surface area contributed by atoms with Crippen LogP contribution in [0.4, 0.5) is 0 Å². The van der Waals surface area contributed by atoms with Gasteiger partial charge in [-0.2, -0.15) is 0 Å². The molecule has 66 valence electrons. The minimum absolute atomic E-state index is 0.352. The molecule has 2 aliphatic heterocycles. The first-order chi connectivity index (χ1) is 5.88. The summed E-state index contributed by atoms with van der Waals surface area (Å²) in [4.78, 5) is 13.6. The van der Waals surface area contributed by atoms with E-state index >= 15 is 0 Å². The van der Waals surface area contributed by atoms with Gasteiger partial charge in [0.15, 0.2) is 0 Å². The van der Waals surface area contributed by atoms with Crippen molar-refractivity contribution >= 4 is 5.91 Å². The maximum absolute atomic E-state index is 11.5. The molecule has 0 bridgehead atoms. The summed E-state index contributed by atoms with van der Waals surface area (Å²) in [5.41, 5.74) is 0. The van der Waals surface area contributed by atoms with E-state index in [9.17, 15) is 4.79 Å². The van der Waals surface area contributed by atoms with Crippen molar-refractivity contribution in [2.24, 2.45) is 0 Å². The predicted molar refractivity (Wildman–Crippen MR) is 47.7 cm³/mol. The van der Waals surface area contributed by atoms with Gasteiger partial charge in [-0.1, -0.05) is 12.2 Å². The molecular weight excluding hydrogens is 150 g/mol. The quantitative estimate of drug-likeness (QED) is 0.500. The number of fused-ring (bicyclic) bond motifs is 1. The van der Waals surface area contributed by atoms with Crippen LogP contribution >= 0.6 is 0 Å². The smallest absolute Gasteiger partial charge is 0.223 e. The van der Waals surface area contributed by atoms with E-state index in [-0.39, 0.29) is 0 Å². The lowest BCUT2D eigenvalue weighted by Gasteiger charge is -2.32. The van der Waals surface area contributed by atoms with Crippen LogP contribution in [0.5, 0.6) is 0 Å². The Balaban J connectivity index is 2.14. The van der Waals surface area contributed by atoms with Gasteiger partial charge < -0.3 is 4.90 Å². The number of nitrogens with zero attached hydrogens (tertiary/aromatic N) is 1. The van der Waals surface area contributed by atoms with Crippen molar-refractivity contribution in [2.45, 2.75) is 38.1 Å². The van der Waals surface area contributed by atoms with Crippen LogP contribution in [0, 0.1) is 0 Å². The fraction of sp³-hybridized carbons (Fsp3) is 0.700. The number of amides is 1. The van der Waals surface area contributed by atoms with Crippen molar-refractivity contribution in [3.63, 3.8) is 0 Å².